The van der Waals surface area contributed by atoms with E-state index >= 15 is 0 Å². The summed E-state index contributed by atoms with van der Waals surface area (Å²) in [6.45, 7) is 4.75. The third-order valence-electron chi connectivity index (χ3n) is 2.43. The predicted molar refractivity (Wildman–Crippen MR) is 72.0 cm³/mol. The van der Waals surface area contributed by atoms with E-state index in [0.717, 1.165) is 0 Å². The van der Waals surface area contributed by atoms with Crippen LogP contribution in [0.15, 0.2) is 17.0 Å². The van der Waals surface area contributed by atoms with Crippen molar-refractivity contribution in [2.75, 3.05) is 10.5 Å². The Balaban J connectivity index is 3.35. The quantitative estimate of drug-likeness (QED) is 0.862. The Kier molecular flexibility index (Phi) is 4.30. The van der Waals surface area contributed by atoms with Crippen LogP contribution in [0.25, 0.3) is 0 Å². The van der Waals surface area contributed by atoms with Crippen molar-refractivity contribution in [3.8, 4) is 0 Å². The number of rotatable bonds is 4. The molecule has 0 aliphatic carbocycles. The first-order valence-electron chi connectivity index (χ1n) is 5.13. The van der Waals surface area contributed by atoms with Crippen LogP contribution in [0.1, 0.15) is 18.1 Å². The molecule has 1 aromatic rings. The van der Waals surface area contributed by atoms with Gasteiger partial charge in [0.1, 0.15) is 0 Å². The minimum Gasteiger partial charge on any atom is -0.283 e. The molecule has 1 N–H and O–H groups in total. The Bertz CT molecular complexity index is 642. The van der Waals surface area contributed by atoms with Crippen molar-refractivity contribution < 1.29 is 16.8 Å². The second-order valence-corrected chi connectivity index (χ2v) is 8.45. The summed E-state index contributed by atoms with van der Waals surface area (Å²) in [4.78, 5) is -0.0430. The van der Waals surface area contributed by atoms with E-state index in [-0.39, 0.29) is 10.6 Å². The molecule has 0 bridgehead atoms. The normalized spacial score (nSPS) is 12.4. The number of hydrogen-bond donors (Lipinski definition) is 1. The van der Waals surface area contributed by atoms with Gasteiger partial charge in [0.15, 0.2) is 0 Å². The van der Waals surface area contributed by atoms with Crippen LogP contribution < -0.4 is 4.72 Å². The molecule has 0 aliphatic rings. The molecule has 0 spiro atoms. The maximum Gasteiger partial charge on any atom is 0.261 e. The SMILES string of the molecule is CCS(=O)(=O)Nc1c(C)cc(S(=O)(=O)Cl)cc1C. The van der Waals surface area contributed by atoms with Crippen LogP contribution in [-0.2, 0) is 19.1 Å². The molecule has 102 valence electrons. The molecule has 18 heavy (non-hydrogen) atoms. The lowest BCUT2D eigenvalue weighted by atomic mass is 10.1. The van der Waals surface area contributed by atoms with Gasteiger partial charge in [-0.05, 0) is 44.0 Å². The molecule has 0 saturated heterocycles. The fourth-order valence-electron chi connectivity index (χ4n) is 1.45. The van der Waals surface area contributed by atoms with Crippen molar-refractivity contribution in [3.63, 3.8) is 0 Å². The Hall–Kier alpha value is -0.790. The number of hydrogen-bond acceptors (Lipinski definition) is 4. The number of benzene rings is 1. The highest BCUT2D eigenvalue weighted by molar-refractivity contribution is 8.13. The second kappa shape index (κ2) is 5.07. The van der Waals surface area contributed by atoms with Gasteiger partial charge in [-0.15, -0.1) is 0 Å². The summed E-state index contributed by atoms with van der Waals surface area (Å²) in [5.41, 5.74) is 1.40. The van der Waals surface area contributed by atoms with Crippen LogP contribution in [0.2, 0.25) is 0 Å². The number of halogens is 1. The lowest BCUT2D eigenvalue weighted by Gasteiger charge is -2.13. The van der Waals surface area contributed by atoms with Gasteiger partial charge in [-0.3, -0.25) is 4.72 Å². The van der Waals surface area contributed by atoms with Crippen molar-refractivity contribution >= 4 is 35.4 Å². The number of aryl methyl sites for hydroxylation is 2. The van der Waals surface area contributed by atoms with Gasteiger partial charge in [-0.1, -0.05) is 0 Å². The maximum atomic E-state index is 11.5. The molecule has 0 aliphatic heterocycles. The summed E-state index contributed by atoms with van der Waals surface area (Å²) in [5.74, 6) is -0.0541. The van der Waals surface area contributed by atoms with Crippen LogP contribution in [0.4, 0.5) is 5.69 Å². The van der Waals surface area contributed by atoms with Gasteiger partial charge in [-0.25, -0.2) is 16.8 Å². The van der Waals surface area contributed by atoms with Crippen LogP contribution in [0.3, 0.4) is 0 Å². The standard InChI is InChI=1S/C10H14ClNO4S2/c1-4-17(13,14)12-10-7(2)5-9(6-8(10)3)18(11,15)16/h5-6,12H,4H2,1-3H3. The average molecular weight is 312 g/mol. The molecule has 0 heterocycles. The Morgan fingerprint density at radius 3 is 1.89 bits per heavy atom. The highest BCUT2D eigenvalue weighted by atomic mass is 35.7. The fraction of sp³-hybridized carbons (Fsp3) is 0.400. The Morgan fingerprint density at radius 2 is 1.56 bits per heavy atom. The van der Waals surface area contributed by atoms with Crippen molar-refractivity contribution in [1.82, 2.24) is 0 Å². The first kappa shape index (κ1) is 15.3. The van der Waals surface area contributed by atoms with Crippen LogP contribution >= 0.6 is 10.7 Å². The fourth-order valence-corrected chi connectivity index (χ4v) is 3.13. The van der Waals surface area contributed by atoms with Crippen molar-refractivity contribution in [2.24, 2.45) is 0 Å². The molecule has 8 heteroatoms. The summed E-state index contributed by atoms with van der Waals surface area (Å²) in [6.07, 6.45) is 0. The Labute approximate surface area is 112 Å². The highest BCUT2D eigenvalue weighted by Gasteiger charge is 2.16. The van der Waals surface area contributed by atoms with E-state index in [2.05, 4.69) is 4.72 Å². The van der Waals surface area contributed by atoms with Crippen LogP contribution in [0, 0.1) is 13.8 Å². The van der Waals surface area contributed by atoms with Gasteiger partial charge in [0.2, 0.25) is 10.0 Å². The molecular weight excluding hydrogens is 298 g/mol. The molecule has 5 nitrogen and oxygen atoms in total. The zero-order chi connectivity index (χ0) is 14.1. The zero-order valence-corrected chi connectivity index (χ0v) is 12.6. The van der Waals surface area contributed by atoms with E-state index in [1.807, 2.05) is 0 Å². The smallest absolute Gasteiger partial charge is 0.261 e. The molecule has 0 unspecified atom stereocenters. The molecule has 0 fully saturated rings. The van der Waals surface area contributed by atoms with E-state index in [9.17, 15) is 16.8 Å². The summed E-state index contributed by atoms with van der Waals surface area (Å²) in [6, 6.07) is 2.67. The van der Waals surface area contributed by atoms with E-state index in [1.165, 1.54) is 19.1 Å². The van der Waals surface area contributed by atoms with Gasteiger partial charge in [0.25, 0.3) is 9.05 Å². The zero-order valence-electron chi connectivity index (χ0n) is 10.2. The van der Waals surface area contributed by atoms with E-state index < -0.39 is 19.1 Å². The topological polar surface area (TPSA) is 80.3 Å². The van der Waals surface area contributed by atoms with Gasteiger partial charge in [0.05, 0.1) is 16.3 Å². The van der Waals surface area contributed by atoms with Gasteiger partial charge in [0, 0.05) is 10.7 Å². The largest absolute Gasteiger partial charge is 0.283 e. The van der Waals surface area contributed by atoms with Crippen LogP contribution in [-0.4, -0.2) is 22.6 Å². The molecule has 1 aromatic carbocycles. The third kappa shape index (κ3) is 3.60. The molecular formula is C10H14ClNO4S2. The number of sulfonamides is 1. The minimum absolute atomic E-state index is 0.0430. The molecule has 0 aromatic heterocycles. The first-order valence-corrected chi connectivity index (χ1v) is 9.09. The van der Waals surface area contributed by atoms with Crippen LogP contribution in [0.5, 0.6) is 0 Å². The summed E-state index contributed by atoms with van der Waals surface area (Å²) in [7, 11) is -1.97. The van der Waals surface area contributed by atoms with Gasteiger partial charge in [-0.2, -0.15) is 0 Å². The molecule has 1 rings (SSSR count). The lowest BCUT2D eigenvalue weighted by Crippen LogP contribution is -2.16. The second-order valence-electron chi connectivity index (χ2n) is 3.88. The highest BCUT2D eigenvalue weighted by Crippen LogP contribution is 2.27. The predicted octanol–water partition coefficient (Wildman–Crippen LogP) is 1.99. The maximum absolute atomic E-state index is 11.5. The molecule has 0 radical (unpaired) electrons. The summed E-state index contributed by atoms with van der Waals surface area (Å²) < 4.78 is 47.9. The van der Waals surface area contributed by atoms with Crippen molar-refractivity contribution in [3.05, 3.63) is 23.3 Å². The Morgan fingerprint density at radius 1 is 1.11 bits per heavy atom. The van der Waals surface area contributed by atoms with E-state index in [0.29, 0.717) is 16.8 Å². The van der Waals surface area contributed by atoms with Gasteiger partial charge < -0.3 is 0 Å². The van der Waals surface area contributed by atoms with E-state index in [1.54, 1.807) is 13.8 Å². The van der Waals surface area contributed by atoms with E-state index in [4.69, 9.17) is 10.7 Å². The van der Waals surface area contributed by atoms with Crippen molar-refractivity contribution in [2.45, 2.75) is 25.7 Å². The molecule has 0 atom stereocenters. The molecule has 0 saturated carbocycles. The summed E-state index contributed by atoms with van der Waals surface area (Å²) >= 11 is 0. The average Bonchev–Trinajstić information content (AvgIpc) is 2.22. The third-order valence-corrected chi connectivity index (χ3v) is 5.03. The molecule has 0 amide bonds. The monoisotopic (exact) mass is 311 g/mol. The summed E-state index contributed by atoms with van der Waals surface area (Å²) in [5, 5.41) is 0. The van der Waals surface area contributed by atoms with Gasteiger partial charge >= 0.3 is 0 Å². The lowest BCUT2D eigenvalue weighted by molar-refractivity contribution is 0.602. The number of anilines is 1. The number of nitrogens with one attached hydrogen (secondary N) is 1. The minimum atomic E-state index is -3.82. The first-order chi connectivity index (χ1) is 8.07. The van der Waals surface area contributed by atoms with Crippen molar-refractivity contribution in [1.29, 1.82) is 0 Å².